The summed E-state index contributed by atoms with van der Waals surface area (Å²) in [6, 6.07) is 6.18. The summed E-state index contributed by atoms with van der Waals surface area (Å²) >= 11 is 6.28. The Balaban J connectivity index is 2.27. The van der Waals surface area contributed by atoms with Gasteiger partial charge in [0, 0.05) is 17.6 Å². The monoisotopic (exact) mass is 254 g/mol. The standard InChI is InChI=1S/C13H19ClN2O/c1-16-8-9(7-15)5-13(16)11-6-10(17-2)3-4-12(11)14/h3-4,6,9,13H,5,7-8,15H2,1-2H3. The summed E-state index contributed by atoms with van der Waals surface area (Å²) in [5.74, 6) is 1.42. The Bertz CT molecular complexity index is 397. The largest absolute Gasteiger partial charge is 0.497 e. The summed E-state index contributed by atoms with van der Waals surface area (Å²) < 4.78 is 5.26. The summed E-state index contributed by atoms with van der Waals surface area (Å²) in [6.45, 7) is 1.77. The van der Waals surface area contributed by atoms with Crippen molar-refractivity contribution in [2.45, 2.75) is 12.5 Å². The van der Waals surface area contributed by atoms with Crippen LogP contribution in [0.1, 0.15) is 18.0 Å². The Morgan fingerprint density at radius 1 is 1.53 bits per heavy atom. The third-order valence-electron chi connectivity index (χ3n) is 3.53. The van der Waals surface area contributed by atoms with Gasteiger partial charge >= 0.3 is 0 Å². The highest BCUT2D eigenvalue weighted by atomic mass is 35.5. The molecule has 1 aliphatic heterocycles. The maximum Gasteiger partial charge on any atom is 0.119 e. The molecular weight excluding hydrogens is 236 g/mol. The van der Waals surface area contributed by atoms with Crippen molar-refractivity contribution in [3.05, 3.63) is 28.8 Å². The normalized spacial score (nSPS) is 25.2. The van der Waals surface area contributed by atoms with Crippen LogP contribution in [-0.4, -0.2) is 32.1 Å². The maximum atomic E-state index is 6.28. The molecule has 0 bridgehead atoms. The predicted molar refractivity (Wildman–Crippen MR) is 70.5 cm³/mol. The van der Waals surface area contributed by atoms with E-state index in [-0.39, 0.29) is 0 Å². The third-order valence-corrected chi connectivity index (χ3v) is 3.87. The van der Waals surface area contributed by atoms with E-state index in [1.54, 1.807) is 7.11 Å². The number of likely N-dealkylation sites (tertiary alicyclic amines) is 1. The van der Waals surface area contributed by atoms with Gasteiger partial charge < -0.3 is 10.5 Å². The lowest BCUT2D eigenvalue weighted by atomic mass is 9.99. The molecule has 2 N–H and O–H groups in total. The van der Waals surface area contributed by atoms with E-state index in [1.807, 2.05) is 18.2 Å². The average Bonchev–Trinajstić information content (AvgIpc) is 2.71. The van der Waals surface area contributed by atoms with Gasteiger partial charge in [0.05, 0.1) is 7.11 Å². The maximum absolute atomic E-state index is 6.28. The van der Waals surface area contributed by atoms with E-state index < -0.39 is 0 Å². The molecule has 0 radical (unpaired) electrons. The van der Waals surface area contributed by atoms with Crippen molar-refractivity contribution >= 4 is 11.6 Å². The van der Waals surface area contributed by atoms with Crippen LogP contribution in [-0.2, 0) is 0 Å². The number of nitrogens with two attached hydrogens (primary N) is 1. The molecule has 17 heavy (non-hydrogen) atoms. The molecule has 2 unspecified atom stereocenters. The van der Waals surface area contributed by atoms with Crippen molar-refractivity contribution in [1.29, 1.82) is 0 Å². The third kappa shape index (κ3) is 2.57. The first-order valence-corrected chi connectivity index (χ1v) is 6.27. The van der Waals surface area contributed by atoms with E-state index >= 15 is 0 Å². The summed E-state index contributed by atoms with van der Waals surface area (Å²) in [4.78, 5) is 2.32. The highest BCUT2D eigenvalue weighted by Crippen LogP contribution is 2.38. The highest BCUT2D eigenvalue weighted by Gasteiger charge is 2.31. The second-order valence-electron chi connectivity index (χ2n) is 4.68. The Labute approximate surface area is 107 Å². The van der Waals surface area contributed by atoms with Gasteiger partial charge in [0.1, 0.15) is 5.75 Å². The van der Waals surface area contributed by atoms with E-state index in [2.05, 4.69) is 11.9 Å². The van der Waals surface area contributed by atoms with Gasteiger partial charge in [0.25, 0.3) is 0 Å². The zero-order valence-corrected chi connectivity index (χ0v) is 11.1. The number of rotatable bonds is 3. The summed E-state index contributed by atoms with van der Waals surface area (Å²) in [5, 5.41) is 0.806. The zero-order valence-electron chi connectivity index (χ0n) is 10.3. The molecule has 2 atom stereocenters. The molecular formula is C13H19ClN2O. The van der Waals surface area contributed by atoms with Crippen LogP contribution in [0.15, 0.2) is 18.2 Å². The Morgan fingerprint density at radius 3 is 2.88 bits per heavy atom. The Hall–Kier alpha value is -0.770. The molecule has 1 aromatic carbocycles. The number of halogens is 1. The average molecular weight is 255 g/mol. The van der Waals surface area contributed by atoms with Crippen LogP contribution < -0.4 is 10.5 Å². The number of hydrogen-bond donors (Lipinski definition) is 1. The Morgan fingerprint density at radius 2 is 2.29 bits per heavy atom. The molecule has 2 rings (SSSR count). The van der Waals surface area contributed by atoms with Crippen LogP contribution in [0.25, 0.3) is 0 Å². The fourth-order valence-corrected chi connectivity index (χ4v) is 2.79. The van der Waals surface area contributed by atoms with Crippen molar-refractivity contribution in [3.8, 4) is 5.75 Å². The fourth-order valence-electron chi connectivity index (χ4n) is 2.54. The molecule has 0 aliphatic carbocycles. The van der Waals surface area contributed by atoms with Crippen LogP contribution >= 0.6 is 11.6 Å². The number of nitrogens with zero attached hydrogens (tertiary/aromatic N) is 1. The molecule has 0 spiro atoms. The number of benzene rings is 1. The fraction of sp³-hybridized carbons (Fsp3) is 0.538. The van der Waals surface area contributed by atoms with E-state index in [0.717, 1.165) is 35.8 Å². The quantitative estimate of drug-likeness (QED) is 0.900. The SMILES string of the molecule is COc1ccc(Cl)c(C2CC(CN)CN2C)c1. The minimum absolute atomic E-state index is 0.353. The van der Waals surface area contributed by atoms with Gasteiger partial charge in [-0.15, -0.1) is 0 Å². The molecule has 1 aromatic rings. The van der Waals surface area contributed by atoms with Gasteiger partial charge in [-0.2, -0.15) is 0 Å². The summed E-state index contributed by atoms with van der Waals surface area (Å²) in [5.41, 5.74) is 6.89. The molecule has 0 amide bonds. The molecule has 4 heteroatoms. The number of hydrogen-bond acceptors (Lipinski definition) is 3. The van der Waals surface area contributed by atoms with Crippen molar-refractivity contribution in [3.63, 3.8) is 0 Å². The minimum atomic E-state index is 0.353. The first-order valence-electron chi connectivity index (χ1n) is 5.89. The second kappa shape index (κ2) is 5.25. The molecule has 1 saturated heterocycles. The van der Waals surface area contributed by atoms with Gasteiger partial charge in [0.15, 0.2) is 0 Å². The second-order valence-corrected chi connectivity index (χ2v) is 5.09. The molecule has 94 valence electrons. The van der Waals surface area contributed by atoms with Gasteiger partial charge in [0.2, 0.25) is 0 Å². The van der Waals surface area contributed by atoms with Crippen LogP contribution in [0, 0.1) is 5.92 Å². The Kier molecular flexibility index (Phi) is 3.92. The lowest BCUT2D eigenvalue weighted by molar-refractivity contribution is 0.312. The molecule has 1 heterocycles. The number of ether oxygens (including phenoxy) is 1. The van der Waals surface area contributed by atoms with Gasteiger partial charge in [-0.05, 0) is 49.7 Å². The topological polar surface area (TPSA) is 38.5 Å². The van der Waals surface area contributed by atoms with Crippen molar-refractivity contribution < 1.29 is 4.74 Å². The van der Waals surface area contributed by atoms with Crippen molar-refractivity contribution in [2.24, 2.45) is 11.7 Å². The van der Waals surface area contributed by atoms with E-state index in [1.165, 1.54) is 0 Å². The van der Waals surface area contributed by atoms with E-state index in [9.17, 15) is 0 Å². The first kappa shape index (κ1) is 12.7. The molecule has 0 aromatic heterocycles. The van der Waals surface area contributed by atoms with Crippen LogP contribution in [0.2, 0.25) is 5.02 Å². The lowest BCUT2D eigenvalue weighted by Gasteiger charge is -2.21. The van der Waals surface area contributed by atoms with Crippen LogP contribution in [0.5, 0.6) is 5.75 Å². The minimum Gasteiger partial charge on any atom is -0.497 e. The first-order chi connectivity index (χ1) is 8.15. The molecule has 1 aliphatic rings. The van der Waals surface area contributed by atoms with Crippen LogP contribution in [0.3, 0.4) is 0 Å². The van der Waals surface area contributed by atoms with Crippen LogP contribution in [0.4, 0.5) is 0 Å². The molecule has 3 nitrogen and oxygen atoms in total. The molecule has 1 fully saturated rings. The smallest absolute Gasteiger partial charge is 0.119 e. The number of methoxy groups -OCH3 is 1. The lowest BCUT2D eigenvalue weighted by Crippen LogP contribution is -2.20. The summed E-state index contributed by atoms with van der Waals surface area (Å²) in [7, 11) is 3.80. The summed E-state index contributed by atoms with van der Waals surface area (Å²) in [6.07, 6.45) is 1.07. The van der Waals surface area contributed by atoms with E-state index in [4.69, 9.17) is 22.1 Å². The zero-order chi connectivity index (χ0) is 12.4. The van der Waals surface area contributed by atoms with E-state index in [0.29, 0.717) is 12.0 Å². The molecule has 0 saturated carbocycles. The van der Waals surface area contributed by atoms with Crippen molar-refractivity contribution in [2.75, 3.05) is 27.2 Å². The van der Waals surface area contributed by atoms with Gasteiger partial charge in [-0.1, -0.05) is 11.6 Å². The predicted octanol–water partition coefficient (Wildman–Crippen LogP) is 2.30. The van der Waals surface area contributed by atoms with Gasteiger partial charge in [-0.3, -0.25) is 4.90 Å². The van der Waals surface area contributed by atoms with Gasteiger partial charge in [-0.25, -0.2) is 0 Å². The van der Waals surface area contributed by atoms with Crippen molar-refractivity contribution in [1.82, 2.24) is 4.90 Å². The highest BCUT2D eigenvalue weighted by molar-refractivity contribution is 6.31.